The molecule has 2 aromatic rings. The van der Waals surface area contributed by atoms with Gasteiger partial charge in [-0.1, -0.05) is 17.7 Å². The predicted octanol–water partition coefficient (Wildman–Crippen LogP) is 2.36. The number of benzene rings is 2. The van der Waals surface area contributed by atoms with E-state index in [0.717, 1.165) is 5.56 Å². The number of nitrogens with one attached hydrogen (secondary N) is 2. The van der Waals surface area contributed by atoms with Gasteiger partial charge in [-0.25, -0.2) is 4.99 Å². The molecule has 2 amide bonds. The zero-order valence-electron chi connectivity index (χ0n) is 15.4. The lowest BCUT2D eigenvalue weighted by atomic mass is 10.0. The molecule has 0 saturated heterocycles. The van der Waals surface area contributed by atoms with Crippen LogP contribution in [-0.4, -0.2) is 32.0 Å². The fourth-order valence-electron chi connectivity index (χ4n) is 2.82. The van der Waals surface area contributed by atoms with Crippen molar-refractivity contribution in [3.8, 4) is 11.5 Å². The largest absolute Gasteiger partial charge is 0.497 e. The average Bonchev–Trinajstić information content (AvgIpc) is 2.67. The molecule has 27 heavy (non-hydrogen) atoms. The first-order valence-electron chi connectivity index (χ1n) is 8.47. The van der Waals surface area contributed by atoms with Crippen LogP contribution in [0.25, 0.3) is 0 Å². The molecule has 1 heterocycles. The highest BCUT2D eigenvalue weighted by Gasteiger charge is 2.26. The van der Waals surface area contributed by atoms with E-state index in [-0.39, 0.29) is 24.2 Å². The Bertz CT molecular complexity index is 891. The first-order valence-corrected chi connectivity index (χ1v) is 8.47. The lowest BCUT2D eigenvalue weighted by Gasteiger charge is -2.23. The van der Waals surface area contributed by atoms with Gasteiger partial charge in [-0.3, -0.25) is 20.2 Å². The quantitative estimate of drug-likeness (QED) is 0.868. The molecule has 0 saturated carbocycles. The molecule has 0 unspecified atom stereocenters. The number of hydrogen-bond acceptors (Lipinski definition) is 5. The number of carbonyl (C=O) groups is 2. The zero-order chi connectivity index (χ0) is 19.4. The Kier molecular flexibility index (Phi) is 5.40. The van der Waals surface area contributed by atoms with Crippen molar-refractivity contribution in [1.29, 1.82) is 0 Å². The summed E-state index contributed by atoms with van der Waals surface area (Å²) in [5.41, 5.74) is 2.26. The van der Waals surface area contributed by atoms with E-state index in [2.05, 4.69) is 15.6 Å². The second-order valence-electron chi connectivity index (χ2n) is 6.17. The fraction of sp³-hybridized carbons (Fsp3) is 0.250. The van der Waals surface area contributed by atoms with Crippen molar-refractivity contribution < 1.29 is 19.1 Å². The molecule has 0 aliphatic carbocycles. The first-order chi connectivity index (χ1) is 13.0. The summed E-state index contributed by atoms with van der Waals surface area (Å²) < 4.78 is 10.6. The van der Waals surface area contributed by atoms with Gasteiger partial charge in [0.05, 0.1) is 26.7 Å². The molecule has 7 nitrogen and oxygen atoms in total. The number of aliphatic imine (C=N–C) groups is 1. The Hall–Kier alpha value is -3.35. The first kappa shape index (κ1) is 18.4. The average molecular weight is 367 g/mol. The second-order valence-corrected chi connectivity index (χ2v) is 6.17. The molecule has 1 aliphatic heterocycles. The highest BCUT2D eigenvalue weighted by molar-refractivity contribution is 6.10. The summed E-state index contributed by atoms with van der Waals surface area (Å²) in [6, 6.07) is 12.0. The summed E-state index contributed by atoms with van der Waals surface area (Å²) in [4.78, 5) is 29.1. The topological polar surface area (TPSA) is 89.0 Å². The molecular weight excluding hydrogens is 346 g/mol. The van der Waals surface area contributed by atoms with Gasteiger partial charge in [-0.15, -0.1) is 0 Å². The standard InChI is InChI=1S/C20H21N3O4/c1-12-4-6-13(7-5-12)19(25)23-20-21-16(11-18(24)22-20)15-10-14(26-2)8-9-17(15)27-3/h4-10,16H,11H2,1-3H3,(H2,21,22,23,24,25)/t16-/m1/s1. The molecule has 1 aliphatic rings. The Morgan fingerprint density at radius 2 is 1.89 bits per heavy atom. The van der Waals surface area contributed by atoms with Crippen molar-refractivity contribution in [3.63, 3.8) is 0 Å². The van der Waals surface area contributed by atoms with Crippen LogP contribution in [0, 0.1) is 6.92 Å². The summed E-state index contributed by atoms with van der Waals surface area (Å²) in [6.45, 7) is 1.94. The third kappa shape index (κ3) is 4.25. The summed E-state index contributed by atoms with van der Waals surface area (Å²) in [5, 5.41) is 5.26. The van der Waals surface area contributed by atoms with Crippen LogP contribution in [0.3, 0.4) is 0 Å². The van der Waals surface area contributed by atoms with E-state index in [1.54, 1.807) is 44.6 Å². The Labute approximate surface area is 157 Å². The number of ether oxygens (including phenoxy) is 2. The molecule has 0 fully saturated rings. The maximum absolute atomic E-state index is 12.4. The third-order valence-electron chi connectivity index (χ3n) is 4.26. The number of hydrogen-bond donors (Lipinski definition) is 2. The van der Waals surface area contributed by atoms with E-state index in [4.69, 9.17) is 9.47 Å². The summed E-state index contributed by atoms with van der Waals surface area (Å²) in [6.07, 6.45) is 0.146. The Balaban J connectivity index is 1.87. The van der Waals surface area contributed by atoms with E-state index >= 15 is 0 Å². The molecule has 0 aromatic heterocycles. The van der Waals surface area contributed by atoms with E-state index < -0.39 is 6.04 Å². The summed E-state index contributed by atoms with van der Waals surface area (Å²) in [5.74, 6) is 0.777. The SMILES string of the molecule is COc1ccc(OC)c([C@H]2CC(=O)NC(NC(=O)c3ccc(C)cc3)=N2)c1. The minimum Gasteiger partial charge on any atom is -0.497 e. The van der Waals surface area contributed by atoms with Crippen LogP contribution >= 0.6 is 0 Å². The van der Waals surface area contributed by atoms with Crippen molar-refractivity contribution in [2.45, 2.75) is 19.4 Å². The molecule has 3 rings (SSSR count). The molecule has 140 valence electrons. The molecule has 7 heteroatoms. The van der Waals surface area contributed by atoms with E-state index in [1.807, 2.05) is 19.1 Å². The summed E-state index contributed by atoms with van der Waals surface area (Å²) in [7, 11) is 3.12. The number of amides is 2. The second kappa shape index (κ2) is 7.90. The monoisotopic (exact) mass is 367 g/mol. The minimum atomic E-state index is -0.489. The maximum Gasteiger partial charge on any atom is 0.257 e. The van der Waals surface area contributed by atoms with E-state index in [0.29, 0.717) is 22.6 Å². The van der Waals surface area contributed by atoms with Crippen molar-refractivity contribution in [2.24, 2.45) is 4.99 Å². The van der Waals surface area contributed by atoms with Crippen molar-refractivity contribution >= 4 is 17.8 Å². The highest BCUT2D eigenvalue weighted by Crippen LogP contribution is 2.34. The minimum absolute atomic E-state index is 0.117. The van der Waals surface area contributed by atoms with Crippen LogP contribution < -0.4 is 20.1 Å². The maximum atomic E-state index is 12.4. The fourth-order valence-corrected chi connectivity index (χ4v) is 2.82. The number of rotatable bonds is 4. The normalized spacial score (nSPS) is 16.2. The van der Waals surface area contributed by atoms with Crippen molar-refractivity contribution in [3.05, 3.63) is 59.2 Å². The predicted molar refractivity (Wildman–Crippen MR) is 101 cm³/mol. The zero-order valence-corrected chi connectivity index (χ0v) is 15.4. The number of aryl methyl sites for hydroxylation is 1. The van der Waals surface area contributed by atoms with Crippen LogP contribution in [0.5, 0.6) is 11.5 Å². The molecule has 2 N–H and O–H groups in total. The number of carbonyl (C=O) groups excluding carboxylic acids is 2. The molecule has 0 spiro atoms. The van der Waals surface area contributed by atoms with Gasteiger partial charge in [-0.2, -0.15) is 0 Å². The smallest absolute Gasteiger partial charge is 0.257 e. The third-order valence-corrected chi connectivity index (χ3v) is 4.26. The van der Waals surface area contributed by atoms with Gasteiger partial charge >= 0.3 is 0 Å². The lowest BCUT2D eigenvalue weighted by molar-refractivity contribution is -0.120. The van der Waals surface area contributed by atoms with Gasteiger partial charge in [0.2, 0.25) is 11.9 Å². The highest BCUT2D eigenvalue weighted by atomic mass is 16.5. The van der Waals surface area contributed by atoms with Gasteiger partial charge in [-0.05, 0) is 37.3 Å². The molecular formula is C20H21N3O4. The molecule has 0 bridgehead atoms. The van der Waals surface area contributed by atoms with Crippen LogP contribution in [0.2, 0.25) is 0 Å². The van der Waals surface area contributed by atoms with Crippen LogP contribution in [0.1, 0.15) is 33.9 Å². The Morgan fingerprint density at radius 3 is 2.56 bits per heavy atom. The van der Waals surface area contributed by atoms with Crippen LogP contribution in [0.4, 0.5) is 0 Å². The van der Waals surface area contributed by atoms with Gasteiger partial charge in [0, 0.05) is 11.1 Å². The van der Waals surface area contributed by atoms with Crippen molar-refractivity contribution in [1.82, 2.24) is 10.6 Å². The van der Waals surface area contributed by atoms with Gasteiger partial charge in [0.15, 0.2) is 0 Å². The van der Waals surface area contributed by atoms with E-state index in [1.165, 1.54) is 0 Å². The van der Waals surface area contributed by atoms with Gasteiger partial charge in [0.1, 0.15) is 11.5 Å². The molecule has 1 atom stereocenters. The van der Waals surface area contributed by atoms with Gasteiger partial charge < -0.3 is 9.47 Å². The number of nitrogens with zero attached hydrogens (tertiary/aromatic N) is 1. The molecule has 0 radical (unpaired) electrons. The summed E-state index contributed by atoms with van der Waals surface area (Å²) >= 11 is 0. The van der Waals surface area contributed by atoms with Crippen LogP contribution in [0.15, 0.2) is 47.5 Å². The number of guanidine groups is 1. The molecule has 2 aromatic carbocycles. The van der Waals surface area contributed by atoms with Gasteiger partial charge in [0.25, 0.3) is 5.91 Å². The van der Waals surface area contributed by atoms with E-state index in [9.17, 15) is 9.59 Å². The lowest BCUT2D eigenvalue weighted by Crippen LogP contribution is -2.47. The van der Waals surface area contributed by atoms with Crippen LogP contribution in [-0.2, 0) is 4.79 Å². The van der Waals surface area contributed by atoms with Crippen molar-refractivity contribution in [2.75, 3.05) is 14.2 Å². The number of methoxy groups -OCH3 is 2. The Morgan fingerprint density at radius 1 is 1.15 bits per heavy atom.